The molecule has 0 aromatic heterocycles. The van der Waals surface area contributed by atoms with E-state index in [1.165, 1.54) is 43.5 Å². The van der Waals surface area contributed by atoms with Gasteiger partial charge in [-0.05, 0) is 75.2 Å². The van der Waals surface area contributed by atoms with Gasteiger partial charge in [0.05, 0.1) is 17.1 Å². The molecule has 0 bridgehead atoms. The van der Waals surface area contributed by atoms with Crippen molar-refractivity contribution in [1.29, 1.82) is 0 Å². The summed E-state index contributed by atoms with van der Waals surface area (Å²) in [6, 6.07) is 12.4. The topological polar surface area (TPSA) is 102 Å². The summed E-state index contributed by atoms with van der Waals surface area (Å²) in [5, 5.41) is 13.4. The van der Waals surface area contributed by atoms with E-state index in [4.69, 9.17) is 4.74 Å². The Morgan fingerprint density at radius 2 is 1.66 bits per heavy atom. The summed E-state index contributed by atoms with van der Waals surface area (Å²) < 4.78 is 5.63. The molecule has 8 nitrogen and oxygen atoms in total. The first-order chi connectivity index (χ1) is 15.5. The van der Waals surface area contributed by atoms with Crippen LogP contribution in [0.5, 0.6) is 0 Å². The molecule has 2 saturated heterocycles. The lowest BCUT2D eigenvalue weighted by Crippen LogP contribution is -2.49. The number of hydrogen-bond acceptors (Lipinski definition) is 6. The van der Waals surface area contributed by atoms with Crippen molar-refractivity contribution in [2.45, 2.75) is 38.1 Å². The van der Waals surface area contributed by atoms with E-state index in [1.54, 1.807) is 24.3 Å². The minimum absolute atomic E-state index is 0.0752. The van der Waals surface area contributed by atoms with E-state index in [9.17, 15) is 19.7 Å². The number of esters is 1. The molecule has 4 rings (SSSR count). The maximum absolute atomic E-state index is 12.5. The fourth-order valence-corrected chi connectivity index (χ4v) is 4.67. The van der Waals surface area contributed by atoms with E-state index in [-0.39, 0.29) is 17.6 Å². The van der Waals surface area contributed by atoms with Gasteiger partial charge in [0.25, 0.3) is 11.6 Å². The van der Waals surface area contributed by atoms with Gasteiger partial charge in [0.15, 0.2) is 0 Å². The molecular weight excluding hydrogens is 410 g/mol. The maximum Gasteiger partial charge on any atom is 0.338 e. The van der Waals surface area contributed by atoms with Crippen molar-refractivity contribution < 1.29 is 19.2 Å². The summed E-state index contributed by atoms with van der Waals surface area (Å²) in [7, 11) is 0. The first-order valence-electron chi connectivity index (χ1n) is 11.1. The van der Waals surface area contributed by atoms with Gasteiger partial charge in [0.2, 0.25) is 0 Å². The Hall–Kier alpha value is -3.26. The maximum atomic E-state index is 12.5. The van der Waals surface area contributed by atoms with Crippen LogP contribution in [0.15, 0.2) is 48.5 Å². The molecule has 2 heterocycles. The van der Waals surface area contributed by atoms with Crippen LogP contribution in [0.4, 0.5) is 11.4 Å². The molecule has 2 aliphatic rings. The molecule has 0 saturated carbocycles. The van der Waals surface area contributed by atoms with Gasteiger partial charge >= 0.3 is 5.97 Å². The zero-order valence-corrected chi connectivity index (χ0v) is 17.9. The molecule has 168 valence electrons. The second-order valence-corrected chi connectivity index (χ2v) is 8.44. The quantitative estimate of drug-likeness (QED) is 0.411. The standard InChI is InChI=1S/C24H27N3O5/c28-23(17-8-12-21(13-9-17)27(30)31)25-20-10-6-18(7-11-20)24(29)32-16-19-4-3-15-26-14-2-1-5-22(19)26/h6-13,19,22H,1-5,14-16H2,(H,25,28). The summed E-state index contributed by atoms with van der Waals surface area (Å²) >= 11 is 0. The number of rotatable bonds is 6. The number of non-ortho nitro benzene ring substituents is 1. The van der Waals surface area contributed by atoms with Crippen LogP contribution in [0.3, 0.4) is 0 Å². The van der Waals surface area contributed by atoms with Crippen LogP contribution in [-0.2, 0) is 4.74 Å². The zero-order chi connectivity index (χ0) is 22.5. The molecule has 1 N–H and O–H groups in total. The van der Waals surface area contributed by atoms with Crippen molar-refractivity contribution in [3.05, 3.63) is 69.8 Å². The number of amides is 1. The largest absolute Gasteiger partial charge is 0.462 e. The Morgan fingerprint density at radius 3 is 2.38 bits per heavy atom. The molecule has 2 aliphatic heterocycles. The molecule has 2 aromatic carbocycles. The van der Waals surface area contributed by atoms with Gasteiger partial charge in [-0.15, -0.1) is 0 Å². The number of nitrogens with zero attached hydrogens (tertiary/aromatic N) is 2. The average molecular weight is 437 g/mol. The number of nitrogens with one attached hydrogen (secondary N) is 1. The number of hydrogen-bond donors (Lipinski definition) is 1. The summed E-state index contributed by atoms with van der Waals surface area (Å²) in [5.41, 5.74) is 1.20. The molecule has 2 atom stereocenters. The molecule has 1 amide bonds. The number of nitro benzene ring substituents is 1. The minimum Gasteiger partial charge on any atom is -0.462 e. The highest BCUT2D eigenvalue weighted by Gasteiger charge is 2.33. The summed E-state index contributed by atoms with van der Waals surface area (Å²) in [6.07, 6.45) is 5.95. The molecule has 2 fully saturated rings. The number of benzene rings is 2. The van der Waals surface area contributed by atoms with Crippen molar-refractivity contribution in [3.8, 4) is 0 Å². The molecular formula is C24H27N3O5. The van der Waals surface area contributed by atoms with Crippen LogP contribution in [0.2, 0.25) is 0 Å². The minimum atomic E-state index is -0.515. The van der Waals surface area contributed by atoms with Crippen LogP contribution in [0, 0.1) is 16.0 Å². The summed E-state index contributed by atoms with van der Waals surface area (Å²) in [6.45, 7) is 2.75. The first-order valence-corrected chi connectivity index (χ1v) is 11.1. The molecule has 0 radical (unpaired) electrons. The van der Waals surface area contributed by atoms with Crippen molar-refractivity contribution >= 4 is 23.3 Å². The van der Waals surface area contributed by atoms with E-state index in [1.807, 2.05) is 0 Å². The number of nitro groups is 1. The number of carbonyl (C=O) groups is 2. The van der Waals surface area contributed by atoms with Crippen LogP contribution in [0.25, 0.3) is 0 Å². The van der Waals surface area contributed by atoms with E-state index >= 15 is 0 Å². The highest BCUT2D eigenvalue weighted by atomic mass is 16.6. The normalized spacial score (nSPS) is 20.8. The summed E-state index contributed by atoms with van der Waals surface area (Å²) in [4.78, 5) is 37.6. The van der Waals surface area contributed by atoms with Gasteiger partial charge in [-0.2, -0.15) is 0 Å². The van der Waals surface area contributed by atoms with Gasteiger partial charge in [0, 0.05) is 35.3 Å². The smallest absolute Gasteiger partial charge is 0.338 e. The van der Waals surface area contributed by atoms with Gasteiger partial charge < -0.3 is 10.1 Å². The van der Waals surface area contributed by atoms with Crippen LogP contribution >= 0.6 is 0 Å². The van der Waals surface area contributed by atoms with Gasteiger partial charge in [-0.3, -0.25) is 19.8 Å². The highest BCUT2D eigenvalue weighted by molar-refractivity contribution is 6.04. The van der Waals surface area contributed by atoms with E-state index in [0.29, 0.717) is 35.4 Å². The van der Waals surface area contributed by atoms with Crippen LogP contribution in [-0.4, -0.2) is 47.4 Å². The van der Waals surface area contributed by atoms with E-state index in [0.717, 1.165) is 25.9 Å². The number of piperidine rings is 2. The van der Waals surface area contributed by atoms with Crippen LogP contribution in [0.1, 0.15) is 52.8 Å². The zero-order valence-electron chi connectivity index (χ0n) is 17.9. The Kier molecular flexibility index (Phi) is 6.80. The molecule has 0 spiro atoms. The van der Waals surface area contributed by atoms with Crippen molar-refractivity contribution in [1.82, 2.24) is 4.90 Å². The predicted molar refractivity (Wildman–Crippen MR) is 120 cm³/mol. The number of ether oxygens (including phenoxy) is 1. The lowest BCUT2D eigenvalue weighted by atomic mass is 9.84. The molecule has 2 unspecified atom stereocenters. The first kappa shape index (κ1) is 22.0. The molecule has 0 aliphatic carbocycles. The highest BCUT2D eigenvalue weighted by Crippen LogP contribution is 2.31. The molecule has 2 aromatic rings. The van der Waals surface area contributed by atoms with Gasteiger partial charge in [-0.25, -0.2) is 4.79 Å². The van der Waals surface area contributed by atoms with Gasteiger partial charge in [0.1, 0.15) is 0 Å². The number of anilines is 1. The predicted octanol–water partition coefficient (Wildman–Crippen LogP) is 4.27. The Morgan fingerprint density at radius 1 is 0.969 bits per heavy atom. The van der Waals surface area contributed by atoms with Gasteiger partial charge in [-0.1, -0.05) is 6.42 Å². The third-order valence-corrected chi connectivity index (χ3v) is 6.38. The van der Waals surface area contributed by atoms with Crippen molar-refractivity contribution in [3.63, 3.8) is 0 Å². The average Bonchev–Trinajstić information content (AvgIpc) is 2.83. The van der Waals surface area contributed by atoms with Crippen molar-refractivity contribution in [2.75, 3.05) is 25.0 Å². The lowest BCUT2D eigenvalue weighted by Gasteiger charge is -2.44. The van der Waals surface area contributed by atoms with Crippen molar-refractivity contribution in [2.24, 2.45) is 5.92 Å². The lowest BCUT2D eigenvalue weighted by molar-refractivity contribution is -0.384. The number of fused-ring (bicyclic) bond motifs is 1. The SMILES string of the molecule is O=C(Nc1ccc(C(=O)OCC2CCCN3CCCCC23)cc1)c1ccc([N+](=O)[O-])cc1. The van der Waals surface area contributed by atoms with Crippen LogP contribution < -0.4 is 5.32 Å². The second kappa shape index (κ2) is 9.91. The third kappa shape index (κ3) is 5.13. The van der Waals surface area contributed by atoms with E-state index < -0.39 is 4.92 Å². The summed E-state index contributed by atoms with van der Waals surface area (Å²) in [5.74, 6) is -0.344. The molecule has 32 heavy (non-hydrogen) atoms. The third-order valence-electron chi connectivity index (χ3n) is 6.38. The number of carbonyl (C=O) groups excluding carboxylic acids is 2. The second-order valence-electron chi connectivity index (χ2n) is 8.44. The Balaban J connectivity index is 1.30. The molecule has 8 heteroatoms. The Bertz CT molecular complexity index is 972. The fraction of sp³-hybridized carbons (Fsp3) is 0.417. The Labute approximate surface area is 186 Å². The van der Waals surface area contributed by atoms with E-state index in [2.05, 4.69) is 10.2 Å². The monoisotopic (exact) mass is 437 g/mol. The fourth-order valence-electron chi connectivity index (χ4n) is 4.67.